The first-order valence-electron chi connectivity index (χ1n) is 8.56. The highest BCUT2D eigenvalue weighted by Crippen LogP contribution is 2.43. The van der Waals surface area contributed by atoms with Gasteiger partial charge in [0.1, 0.15) is 5.82 Å². The molecule has 0 spiro atoms. The van der Waals surface area contributed by atoms with Gasteiger partial charge in [-0.15, -0.1) is 0 Å². The van der Waals surface area contributed by atoms with Crippen molar-refractivity contribution >= 4 is 12.0 Å². The van der Waals surface area contributed by atoms with Crippen molar-refractivity contribution in [1.82, 2.24) is 9.80 Å². The first-order valence-corrected chi connectivity index (χ1v) is 8.56. The minimum absolute atomic E-state index is 0.0904. The van der Waals surface area contributed by atoms with Crippen molar-refractivity contribution in [2.24, 2.45) is 5.92 Å². The van der Waals surface area contributed by atoms with Crippen LogP contribution >= 0.6 is 0 Å². The number of halogens is 1. The molecule has 1 aliphatic carbocycles. The summed E-state index contributed by atoms with van der Waals surface area (Å²) < 4.78 is 18.2. The highest BCUT2D eigenvalue weighted by atomic mass is 19.1. The number of hydrogen-bond donors (Lipinski definition) is 0. The molecule has 2 aliphatic rings. The van der Waals surface area contributed by atoms with Crippen LogP contribution in [0.2, 0.25) is 0 Å². The highest BCUT2D eigenvalue weighted by Gasteiger charge is 2.40. The summed E-state index contributed by atoms with van der Waals surface area (Å²) in [5.74, 6) is -0.0396. The SMILES string of the molecule is CCOC(=O)N1CCN(C(=O)C(c2ccc(F)cc2)C2CC2)CC1. The van der Waals surface area contributed by atoms with Gasteiger partial charge in [-0.05, 0) is 43.4 Å². The highest BCUT2D eigenvalue weighted by molar-refractivity contribution is 5.84. The zero-order chi connectivity index (χ0) is 17.1. The van der Waals surface area contributed by atoms with Crippen LogP contribution < -0.4 is 0 Å². The second kappa shape index (κ2) is 7.20. The molecule has 0 radical (unpaired) electrons. The molecule has 0 aromatic heterocycles. The van der Waals surface area contributed by atoms with Gasteiger partial charge in [0.25, 0.3) is 0 Å². The van der Waals surface area contributed by atoms with Crippen molar-refractivity contribution in [3.8, 4) is 0 Å². The number of rotatable bonds is 4. The largest absolute Gasteiger partial charge is 0.450 e. The van der Waals surface area contributed by atoms with E-state index >= 15 is 0 Å². The average Bonchev–Trinajstić information content (AvgIpc) is 3.42. The third-order valence-electron chi connectivity index (χ3n) is 4.71. The third-order valence-corrected chi connectivity index (χ3v) is 4.71. The van der Waals surface area contributed by atoms with Crippen LogP contribution in [0, 0.1) is 11.7 Å². The zero-order valence-corrected chi connectivity index (χ0v) is 13.9. The molecule has 130 valence electrons. The Morgan fingerprint density at radius 1 is 1.12 bits per heavy atom. The fourth-order valence-electron chi connectivity index (χ4n) is 3.24. The molecule has 1 saturated heterocycles. The van der Waals surface area contributed by atoms with Crippen LogP contribution in [0.1, 0.15) is 31.2 Å². The molecule has 6 heteroatoms. The molecule has 1 heterocycles. The monoisotopic (exact) mass is 334 g/mol. The van der Waals surface area contributed by atoms with E-state index in [1.165, 1.54) is 12.1 Å². The van der Waals surface area contributed by atoms with Crippen molar-refractivity contribution in [3.63, 3.8) is 0 Å². The van der Waals surface area contributed by atoms with Gasteiger partial charge in [0.05, 0.1) is 12.5 Å². The quantitative estimate of drug-likeness (QED) is 0.850. The number of benzene rings is 1. The lowest BCUT2D eigenvalue weighted by Gasteiger charge is -2.36. The fraction of sp³-hybridized carbons (Fsp3) is 0.556. The van der Waals surface area contributed by atoms with Crippen molar-refractivity contribution in [2.75, 3.05) is 32.8 Å². The van der Waals surface area contributed by atoms with E-state index in [1.54, 1.807) is 24.0 Å². The van der Waals surface area contributed by atoms with E-state index in [-0.39, 0.29) is 23.7 Å². The van der Waals surface area contributed by atoms with Crippen LogP contribution in [-0.4, -0.2) is 54.6 Å². The first-order chi connectivity index (χ1) is 11.6. The molecule has 2 fully saturated rings. The Labute approximate surface area is 141 Å². The minimum atomic E-state index is -0.318. The molecule has 0 N–H and O–H groups in total. The van der Waals surface area contributed by atoms with Crippen LogP contribution in [0.25, 0.3) is 0 Å². The smallest absolute Gasteiger partial charge is 0.409 e. The summed E-state index contributed by atoms with van der Waals surface area (Å²) in [4.78, 5) is 28.2. The summed E-state index contributed by atoms with van der Waals surface area (Å²) in [6.45, 7) is 4.15. The van der Waals surface area contributed by atoms with Gasteiger partial charge in [0.2, 0.25) is 5.91 Å². The Bertz CT molecular complexity index is 593. The zero-order valence-electron chi connectivity index (χ0n) is 13.9. The maximum atomic E-state index is 13.2. The van der Waals surface area contributed by atoms with E-state index in [9.17, 15) is 14.0 Å². The number of piperazine rings is 1. The summed E-state index contributed by atoms with van der Waals surface area (Å²) in [6.07, 6.45) is 1.76. The molecule has 1 atom stereocenters. The van der Waals surface area contributed by atoms with Crippen molar-refractivity contribution in [2.45, 2.75) is 25.7 Å². The molecule has 1 aromatic rings. The number of amides is 2. The standard InChI is InChI=1S/C18H23FN2O3/c1-2-24-18(23)21-11-9-20(10-12-21)17(22)16(13-3-4-13)14-5-7-15(19)8-6-14/h5-8,13,16H,2-4,9-12H2,1H3. The van der Waals surface area contributed by atoms with E-state index in [0.29, 0.717) is 38.7 Å². The molecular weight excluding hydrogens is 311 g/mol. The van der Waals surface area contributed by atoms with Gasteiger partial charge in [-0.25, -0.2) is 9.18 Å². The summed E-state index contributed by atoms with van der Waals surface area (Å²) in [5.41, 5.74) is 0.886. The summed E-state index contributed by atoms with van der Waals surface area (Å²) >= 11 is 0. The second-order valence-corrected chi connectivity index (χ2v) is 6.38. The van der Waals surface area contributed by atoms with E-state index in [1.807, 2.05) is 4.90 Å². The predicted molar refractivity (Wildman–Crippen MR) is 87.0 cm³/mol. The Morgan fingerprint density at radius 2 is 1.71 bits per heavy atom. The normalized spacial score (nSPS) is 19.1. The van der Waals surface area contributed by atoms with Crippen LogP contribution in [-0.2, 0) is 9.53 Å². The van der Waals surface area contributed by atoms with Crippen molar-refractivity contribution < 1.29 is 18.7 Å². The summed E-state index contributed by atoms with van der Waals surface area (Å²) in [7, 11) is 0. The van der Waals surface area contributed by atoms with Gasteiger partial charge in [0.15, 0.2) is 0 Å². The third kappa shape index (κ3) is 3.68. The number of carbonyl (C=O) groups is 2. The van der Waals surface area contributed by atoms with Gasteiger partial charge in [-0.1, -0.05) is 12.1 Å². The van der Waals surface area contributed by atoms with E-state index in [0.717, 1.165) is 18.4 Å². The lowest BCUT2D eigenvalue weighted by Crippen LogP contribution is -2.52. The second-order valence-electron chi connectivity index (χ2n) is 6.38. The molecule has 5 nitrogen and oxygen atoms in total. The lowest BCUT2D eigenvalue weighted by molar-refractivity contribution is -0.135. The van der Waals surface area contributed by atoms with E-state index in [2.05, 4.69) is 0 Å². The molecular formula is C18H23FN2O3. The summed E-state index contributed by atoms with van der Waals surface area (Å²) in [5, 5.41) is 0. The molecule has 3 rings (SSSR count). The van der Waals surface area contributed by atoms with Crippen molar-refractivity contribution in [3.05, 3.63) is 35.6 Å². The number of hydrogen-bond acceptors (Lipinski definition) is 3. The van der Waals surface area contributed by atoms with Crippen LogP contribution in [0.3, 0.4) is 0 Å². The number of carbonyl (C=O) groups excluding carboxylic acids is 2. The average molecular weight is 334 g/mol. The first kappa shape index (κ1) is 16.7. The molecule has 1 aromatic carbocycles. The van der Waals surface area contributed by atoms with E-state index in [4.69, 9.17) is 4.74 Å². The minimum Gasteiger partial charge on any atom is -0.450 e. The Hall–Kier alpha value is -2.11. The molecule has 0 bridgehead atoms. The van der Waals surface area contributed by atoms with Gasteiger partial charge in [-0.3, -0.25) is 4.79 Å². The van der Waals surface area contributed by atoms with Crippen LogP contribution in [0.4, 0.5) is 9.18 Å². The number of nitrogens with zero attached hydrogens (tertiary/aromatic N) is 2. The maximum Gasteiger partial charge on any atom is 0.409 e. The Kier molecular flexibility index (Phi) is 5.02. The van der Waals surface area contributed by atoms with Gasteiger partial charge < -0.3 is 14.5 Å². The van der Waals surface area contributed by atoms with Crippen LogP contribution in [0.15, 0.2) is 24.3 Å². The number of ether oxygens (including phenoxy) is 1. The fourth-order valence-corrected chi connectivity index (χ4v) is 3.24. The topological polar surface area (TPSA) is 49.9 Å². The molecule has 24 heavy (non-hydrogen) atoms. The van der Waals surface area contributed by atoms with Crippen molar-refractivity contribution in [1.29, 1.82) is 0 Å². The molecule has 1 saturated carbocycles. The van der Waals surface area contributed by atoms with Gasteiger partial charge in [0, 0.05) is 26.2 Å². The molecule has 1 aliphatic heterocycles. The van der Waals surface area contributed by atoms with E-state index < -0.39 is 0 Å². The maximum absolute atomic E-state index is 13.2. The molecule has 2 amide bonds. The van der Waals surface area contributed by atoms with Crippen LogP contribution in [0.5, 0.6) is 0 Å². The van der Waals surface area contributed by atoms with Gasteiger partial charge >= 0.3 is 6.09 Å². The lowest BCUT2D eigenvalue weighted by atomic mass is 9.92. The Morgan fingerprint density at radius 3 is 2.25 bits per heavy atom. The van der Waals surface area contributed by atoms with Gasteiger partial charge in [-0.2, -0.15) is 0 Å². The molecule has 1 unspecified atom stereocenters. The predicted octanol–water partition coefficient (Wildman–Crippen LogP) is 2.62. The summed E-state index contributed by atoms with van der Waals surface area (Å²) in [6, 6.07) is 6.25. The Balaban J connectivity index is 1.64.